The number of nitriles is 1. The zero-order valence-corrected chi connectivity index (χ0v) is 11.3. The van der Waals surface area contributed by atoms with Gasteiger partial charge in [-0.15, -0.1) is 6.42 Å². The Morgan fingerprint density at radius 1 is 1.41 bits per heavy atom. The minimum Gasteiger partial charge on any atom is -0.345 e. The molecule has 0 spiro atoms. The normalized spacial score (nSPS) is 14.2. The lowest BCUT2D eigenvalue weighted by Crippen LogP contribution is -2.35. The summed E-state index contributed by atoms with van der Waals surface area (Å²) in [7, 11) is 0. The van der Waals surface area contributed by atoms with Crippen LogP contribution < -0.4 is 5.32 Å². The molecule has 1 amide bonds. The summed E-state index contributed by atoms with van der Waals surface area (Å²) in [6, 6.07) is 2.36. The predicted molar refractivity (Wildman–Crippen MR) is 68.9 cm³/mol. The highest BCUT2D eigenvalue weighted by atomic mass is 16.1. The maximum Gasteiger partial charge on any atom is 0.220 e. The zero-order valence-electron chi connectivity index (χ0n) is 11.3. The summed E-state index contributed by atoms with van der Waals surface area (Å²) in [4.78, 5) is 11.5. The summed E-state index contributed by atoms with van der Waals surface area (Å²) < 4.78 is 0. The van der Waals surface area contributed by atoms with Gasteiger partial charge in [0.05, 0.1) is 18.0 Å². The number of nitrogens with zero attached hydrogens (tertiary/aromatic N) is 1. The van der Waals surface area contributed by atoms with E-state index < -0.39 is 5.41 Å². The summed E-state index contributed by atoms with van der Waals surface area (Å²) >= 11 is 0. The number of terminal acetylenes is 1. The van der Waals surface area contributed by atoms with Crippen LogP contribution in [-0.2, 0) is 4.79 Å². The molecular weight excluding hydrogens is 212 g/mol. The largest absolute Gasteiger partial charge is 0.345 e. The molecule has 0 aliphatic heterocycles. The minimum absolute atomic E-state index is 0.0867. The van der Waals surface area contributed by atoms with Gasteiger partial charge in [-0.2, -0.15) is 5.26 Å². The highest BCUT2D eigenvalue weighted by Crippen LogP contribution is 2.44. The van der Waals surface area contributed by atoms with Gasteiger partial charge in [0.2, 0.25) is 5.91 Å². The van der Waals surface area contributed by atoms with Gasteiger partial charge in [0, 0.05) is 6.42 Å². The molecule has 17 heavy (non-hydrogen) atoms. The smallest absolute Gasteiger partial charge is 0.220 e. The Hall–Kier alpha value is -1.48. The highest BCUT2D eigenvalue weighted by Gasteiger charge is 2.39. The lowest BCUT2D eigenvalue weighted by atomic mass is 9.64. The van der Waals surface area contributed by atoms with E-state index in [1.807, 2.05) is 6.92 Å². The first-order chi connectivity index (χ1) is 7.83. The van der Waals surface area contributed by atoms with E-state index in [9.17, 15) is 10.1 Å². The van der Waals surface area contributed by atoms with Gasteiger partial charge >= 0.3 is 0 Å². The van der Waals surface area contributed by atoms with Crippen LogP contribution >= 0.6 is 0 Å². The van der Waals surface area contributed by atoms with Crippen LogP contribution in [0, 0.1) is 34.5 Å². The van der Waals surface area contributed by atoms with Gasteiger partial charge in [-0.1, -0.05) is 26.7 Å². The summed E-state index contributed by atoms with van der Waals surface area (Å²) in [5.74, 6) is 2.27. The van der Waals surface area contributed by atoms with Crippen molar-refractivity contribution >= 4 is 5.91 Å². The fraction of sp³-hybridized carbons (Fsp3) is 0.714. The first kappa shape index (κ1) is 15.5. The molecule has 0 aromatic heterocycles. The van der Waals surface area contributed by atoms with Crippen molar-refractivity contribution in [3.05, 3.63) is 0 Å². The van der Waals surface area contributed by atoms with E-state index in [0.29, 0.717) is 12.8 Å². The molecule has 0 saturated carbocycles. The van der Waals surface area contributed by atoms with Crippen molar-refractivity contribution in [3.8, 4) is 18.4 Å². The maximum atomic E-state index is 11.5. The Kier molecular flexibility index (Phi) is 5.75. The van der Waals surface area contributed by atoms with Crippen LogP contribution in [0.1, 0.15) is 47.0 Å². The fourth-order valence-electron chi connectivity index (χ4n) is 1.54. The molecule has 0 saturated heterocycles. The van der Waals surface area contributed by atoms with Crippen molar-refractivity contribution in [2.45, 2.75) is 47.0 Å². The Labute approximate surface area is 105 Å². The molecular formula is C14H22N2O. The van der Waals surface area contributed by atoms with Gasteiger partial charge in [-0.3, -0.25) is 4.79 Å². The zero-order chi connectivity index (χ0) is 13.5. The molecule has 1 N–H and O–H groups in total. The minimum atomic E-state index is -0.491. The molecule has 1 atom stereocenters. The number of amides is 1. The van der Waals surface area contributed by atoms with E-state index in [4.69, 9.17) is 6.42 Å². The van der Waals surface area contributed by atoms with Gasteiger partial charge in [-0.25, -0.2) is 0 Å². The van der Waals surface area contributed by atoms with Crippen molar-refractivity contribution in [1.29, 1.82) is 5.26 Å². The third-order valence-electron chi connectivity index (χ3n) is 3.86. The molecule has 0 bridgehead atoms. The average molecular weight is 234 g/mol. The quantitative estimate of drug-likeness (QED) is 0.718. The van der Waals surface area contributed by atoms with Crippen LogP contribution in [0.3, 0.4) is 0 Å². The van der Waals surface area contributed by atoms with Crippen molar-refractivity contribution in [2.24, 2.45) is 10.8 Å². The summed E-state index contributed by atoms with van der Waals surface area (Å²) in [6.07, 6.45) is 6.86. The molecule has 0 aliphatic rings. The van der Waals surface area contributed by atoms with Crippen LogP contribution in [0.15, 0.2) is 0 Å². The second-order valence-electron chi connectivity index (χ2n) is 5.16. The van der Waals surface area contributed by atoms with Crippen molar-refractivity contribution in [2.75, 3.05) is 6.54 Å². The summed E-state index contributed by atoms with van der Waals surface area (Å²) in [6.45, 7) is 8.36. The molecule has 94 valence electrons. The van der Waals surface area contributed by atoms with Crippen LogP contribution in [0.5, 0.6) is 0 Å². The monoisotopic (exact) mass is 234 g/mol. The van der Waals surface area contributed by atoms with Gasteiger partial charge in [0.1, 0.15) is 0 Å². The third-order valence-corrected chi connectivity index (χ3v) is 3.86. The van der Waals surface area contributed by atoms with Gasteiger partial charge in [0.15, 0.2) is 0 Å². The van der Waals surface area contributed by atoms with Crippen LogP contribution in [-0.4, -0.2) is 12.5 Å². The van der Waals surface area contributed by atoms with Crippen LogP contribution in [0.2, 0.25) is 0 Å². The van der Waals surface area contributed by atoms with E-state index >= 15 is 0 Å². The Morgan fingerprint density at radius 2 is 2.00 bits per heavy atom. The van der Waals surface area contributed by atoms with E-state index in [1.54, 1.807) is 0 Å². The predicted octanol–water partition coefficient (Wildman–Crippen LogP) is 2.48. The molecule has 0 aromatic rings. The van der Waals surface area contributed by atoms with Crippen LogP contribution in [0.4, 0.5) is 0 Å². The fourth-order valence-corrected chi connectivity index (χ4v) is 1.54. The number of carbonyl (C=O) groups is 1. The molecule has 0 aromatic carbocycles. The van der Waals surface area contributed by atoms with E-state index in [2.05, 4.69) is 38.1 Å². The van der Waals surface area contributed by atoms with Crippen molar-refractivity contribution in [3.63, 3.8) is 0 Å². The SMILES string of the molecule is C#CCNC(=O)CCC(C)(C#N)C(C)(C)CC. The Bertz CT molecular complexity index is 346. The first-order valence-corrected chi connectivity index (χ1v) is 5.94. The Morgan fingerprint density at radius 3 is 2.41 bits per heavy atom. The lowest BCUT2D eigenvalue weighted by molar-refractivity contribution is -0.121. The maximum absolute atomic E-state index is 11.5. The number of nitrogens with one attached hydrogen (secondary N) is 1. The van der Waals surface area contributed by atoms with Gasteiger partial charge in [0.25, 0.3) is 0 Å². The molecule has 0 heterocycles. The molecule has 0 rings (SSSR count). The number of hydrogen-bond donors (Lipinski definition) is 1. The Balaban J connectivity index is 4.49. The number of rotatable bonds is 6. The van der Waals surface area contributed by atoms with E-state index in [1.165, 1.54) is 0 Å². The van der Waals surface area contributed by atoms with Gasteiger partial charge in [-0.05, 0) is 25.2 Å². The van der Waals surface area contributed by atoms with Crippen molar-refractivity contribution < 1.29 is 4.79 Å². The molecule has 3 nitrogen and oxygen atoms in total. The number of carbonyl (C=O) groups excluding carboxylic acids is 1. The number of hydrogen-bond acceptors (Lipinski definition) is 2. The van der Waals surface area contributed by atoms with E-state index in [0.717, 1.165) is 6.42 Å². The average Bonchev–Trinajstić information content (AvgIpc) is 2.32. The molecule has 1 unspecified atom stereocenters. The highest BCUT2D eigenvalue weighted by molar-refractivity contribution is 5.76. The lowest BCUT2D eigenvalue weighted by Gasteiger charge is -2.38. The first-order valence-electron chi connectivity index (χ1n) is 5.94. The van der Waals surface area contributed by atoms with Crippen LogP contribution in [0.25, 0.3) is 0 Å². The molecule has 0 radical (unpaired) electrons. The van der Waals surface area contributed by atoms with E-state index in [-0.39, 0.29) is 17.9 Å². The summed E-state index contributed by atoms with van der Waals surface area (Å²) in [5, 5.41) is 11.9. The molecule has 3 heteroatoms. The van der Waals surface area contributed by atoms with Gasteiger partial charge < -0.3 is 5.32 Å². The van der Waals surface area contributed by atoms with Crippen molar-refractivity contribution in [1.82, 2.24) is 5.32 Å². The summed E-state index contributed by atoms with van der Waals surface area (Å²) in [5.41, 5.74) is -0.594. The third kappa shape index (κ3) is 4.11. The topological polar surface area (TPSA) is 52.9 Å². The second kappa shape index (κ2) is 6.30. The molecule has 0 fully saturated rings. The second-order valence-corrected chi connectivity index (χ2v) is 5.16. The molecule has 0 aliphatic carbocycles. The standard InChI is InChI=1S/C14H22N2O/c1-6-10-16-12(17)8-9-14(5,11-15)13(3,4)7-2/h1H,7-10H2,2-5H3,(H,16,17).